The summed E-state index contributed by atoms with van der Waals surface area (Å²) in [4.78, 5) is 40.5. The summed E-state index contributed by atoms with van der Waals surface area (Å²) >= 11 is 1.23. The van der Waals surface area contributed by atoms with Gasteiger partial charge in [-0.1, -0.05) is 17.7 Å². The molecule has 1 aliphatic heterocycles. The number of nitrogens with one attached hydrogen (secondary N) is 1. The first-order chi connectivity index (χ1) is 16.1. The molecular weight excluding hydrogens is 454 g/mol. The van der Waals surface area contributed by atoms with Crippen molar-refractivity contribution in [2.45, 2.75) is 20.8 Å². The highest BCUT2D eigenvalue weighted by molar-refractivity contribution is 8.18. The molecule has 1 aliphatic rings. The molecule has 34 heavy (non-hydrogen) atoms. The molecule has 0 unspecified atom stereocenters. The highest BCUT2D eigenvalue weighted by atomic mass is 32.2. The Morgan fingerprint density at radius 1 is 0.971 bits per heavy atom. The van der Waals surface area contributed by atoms with Gasteiger partial charge >= 0.3 is 11.9 Å². The Morgan fingerprint density at radius 3 is 2.18 bits per heavy atom. The summed E-state index contributed by atoms with van der Waals surface area (Å²) < 4.78 is 1.77. The van der Waals surface area contributed by atoms with Crippen LogP contribution in [0.15, 0.2) is 58.4 Å². The molecule has 2 heterocycles. The number of nitrogens with zero attached hydrogens (tertiary/aromatic N) is 2. The van der Waals surface area contributed by atoms with E-state index in [9.17, 15) is 24.6 Å². The molecule has 0 saturated carbocycles. The molecule has 0 spiro atoms. The number of benzene rings is 2. The van der Waals surface area contributed by atoms with Crippen LogP contribution in [0, 0.1) is 20.8 Å². The normalized spacial score (nSPS) is 15.7. The summed E-state index contributed by atoms with van der Waals surface area (Å²) in [7, 11) is 0. The molecule has 0 atom stereocenters. The quantitative estimate of drug-likeness (QED) is 0.460. The lowest BCUT2D eigenvalue weighted by Gasteiger charge is -2.12. The van der Waals surface area contributed by atoms with Gasteiger partial charge in [0, 0.05) is 17.1 Å². The first kappa shape index (κ1) is 23.1. The molecule has 4 rings (SSSR count). The van der Waals surface area contributed by atoms with Crippen molar-refractivity contribution in [3.05, 3.63) is 87.1 Å². The van der Waals surface area contributed by atoms with Crippen LogP contribution in [0.4, 0.5) is 5.69 Å². The fourth-order valence-corrected chi connectivity index (χ4v) is 4.51. The molecule has 0 aliphatic carbocycles. The van der Waals surface area contributed by atoms with Crippen molar-refractivity contribution in [3.8, 4) is 5.69 Å². The van der Waals surface area contributed by atoms with E-state index >= 15 is 0 Å². The highest BCUT2D eigenvalue weighted by Crippen LogP contribution is 2.31. The van der Waals surface area contributed by atoms with E-state index in [1.165, 1.54) is 23.9 Å². The molecule has 9 heteroatoms. The van der Waals surface area contributed by atoms with Crippen molar-refractivity contribution >= 4 is 46.5 Å². The van der Waals surface area contributed by atoms with Gasteiger partial charge in [0.15, 0.2) is 5.17 Å². The van der Waals surface area contributed by atoms with E-state index in [1.54, 1.807) is 10.6 Å². The number of aryl methyl sites for hydroxylation is 2. The summed E-state index contributed by atoms with van der Waals surface area (Å²) in [5, 5.41) is 22.0. The second-order valence-corrected chi connectivity index (χ2v) is 8.89. The number of carboxylic acid groups (broad SMARTS) is 2. The fraction of sp³-hybridized carbons (Fsp3) is 0.120. The van der Waals surface area contributed by atoms with Gasteiger partial charge in [-0.3, -0.25) is 4.79 Å². The van der Waals surface area contributed by atoms with Crippen LogP contribution in [-0.2, 0) is 4.79 Å². The standard InChI is InChI=1S/C25H21N3O5S/c1-13-4-6-19(7-5-13)26-25-27-22(29)21(34-25)12-16-8-14(2)28(15(16)3)20-10-17(23(30)31)9-18(11-20)24(32)33/h4-12H,1-3H3,(H,30,31)(H,32,33)(H,26,27,29). The smallest absolute Gasteiger partial charge is 0.335 e. The van der Waals surface area contributed by atoms with Crippen LogP contribution in [0.5, 0.6) is 0 Å². The van der Waals surface area contributed by atoms with Gasteiger partial charge in [-0.15, -0.1) is 0 Å². The van der Waals surface area contributed by atoms with Gasteiger partial charge in [0.05, 0.1) is 21.7 Å². The zero-order valence-electron chi connectivity index (χ0n) is 18.6. The minimum Gasteiger partial charge on any atom is -0.478 e. The first-order valence-electron chi connectivity index (χ1n) is 10.3. The molecule has 3 N–H and O–H groups in total. The number of aromatic nitrogens is 1. The molecular formula is C25H21N3O5S. The maximum Gasteiger partial charge on any atom is 0.335 e. The first-order valence-corrected chi connectivity index (χ1v) is 11.1. The number of thioether (sulfide) groups is 1. The molecule has 172 valence electrons. The zero-order chi connectivity index (χ0) is 24.6. The van der Waals surface area contributed by atoms with Crippen LogP contribution in [-0.4, -0.2) is 37.8 Å². The Balaban J connectivity index is 1.70. The van der Waals surface area contributed by atoms with Crippen LogP contribution in [0.25, 0.3) is 11.8 Å². The molecule has 1 fully saturated rings. The number of hydrogen-bond donors (Lipinski definition) is 3. The van der Waals surface area contributed by atoms with E-state index in [4.69, 9.17) is 0 Å². The van der Waals surface area contributed by atoms with Crippen LogP contribution in [0.3, 0.4) is 0 Å². The third-order valence-corrected chi connectivity index (χ3v) is 6.25. The van der Waals surface area contributed by atoms with E-state index in [-0.39, 0.29) is 17.0 Å². The van der Waals surface area contributed by atoms with Gasteiger partial charge in [-0.05, 0) is 80.6 Å². The molecule has 8 nitrogen and oxygen atoms in total. The number of hydrogen-bond acceptors (Lipinski definition) is 5. The van der Waals surface area contributed by atoms with Gasteiger partial charge in [0.2, 0.25) is 0 Å². The largest absolute Gasteiger partial charge is 0.478 e. The highest BCUT2D eigenvalue weighted by Gasteiger charge is 2.25. The van der Waals surface area contributed by atoms with E-state index in [1.807, 2.05) is 51.1 Å². The fourth-order valence-electron chi connectivity index (χ4n) is 3.68. The molecule has 1 aromatic heterocycles. The maximum absolute atomic E-state index is 12.5. The van der Waals surface area contributed by atoms with Crippen molar-refractivity contribution in [3.63, 3.8) is 0 Å². The molecule has 0 radical (unpaired) electrons. The Hall–Kier alpha value is -4.11. The average Bonchev–Trinajstić information content (AvgIpc) is 3.27. The topological polar surface area (TPSA) is 121 Å². The Kier molecular flexibility index (Phi) is 6.12. The minimum atomic E-state index is -1.21. The van der Waals surface area contributed by atoms with Crippen LogP contribution in [0.1, 0.15) is 43.2 Å². The predicted molar refractivity (Wildman–Crippen MR) is 131 cm³/mol. The lowest BCUT2D eigenvalue weighted by atomic mass is 10.1. The summed E-state index contributed by atoms with van der Waals surface area (Å²) in [6, 6.07) is 13.5. The lowest BCUT2D eigenvalue weighted by molar-refractivity contribution is -0.115. The Morgan fingerprint density at radius 2 is 1.59 bits per heavy atom. The third kappa shape index (κ3) is 4.65. The Bertz CT molecular complexity index is 1370. The van der Waals surface area contributed by atoms with Crippen molar-refractivity contribution in [1.29, 1.82) is 0 Å². The molecule has 1 saturated heterocycles. The second kappa shape index (κ2) is 9.03. The SMILES string of the molecule is Cc1ccc(N=C2NC(=O)C(=Cc3cc(C)n(-c4cc(C(=O)O)cc(C(=O)O)c4)c3C)S2)cc1. The van der Waals surface area contributed by atoms with Gasteiger partial charge in [-0.2, -0.15) is 0 Å². The monoisotopic (exact) mass is 475 g/mol. The molecule has 3 aromatic rings. The minimum absolute atomic E-state index is 0.120. The van der Waals surface area contributed by atoms with Gasteiger partial charge < -0.3 is 20.1 Å². The van der Waals surface area contributed by atoms with Crippen LogP contribution >= 0.6 is 11.8 Å². The number of amidine groups is 1. The van der Waals surface area contributed by atoms with Crippen molar-refractivity contribution in [2.24, 2.45) is 4.99 Å². The number of carboxylic acids is 2. The number of carbonyl (C=O) groups is 3. The number of rotatable bonds is 5. The van der Waals surface area contributed by atoms with E-state index in [0.29, 0.717) is 15.8 Å². The third-order valence-electron chi connectivity index (χ3n) is 5.34. The number of carbonyl (C=O) groups excluding carboxylic acids is 1. The van der Waals surface area contributed by atoms with E-state index < -0.39 is 11.9 Å². The average molecular weight is 476 g/mol. The van der Waals surface area contributed by atoms with E-state index in [2.05, 4.69) is 10.3 Å². The maximum atomic E-state index is 12.5. The molecule has 1 amide bonds. The second-order valence-electron chi connectivity index (χ2n) is 7.86. The zero-order valence-corrected chi connectivity index (χ0v) is 19.4. The van der Waals surface area contributed by atoms with Crippen LogP contribution < -0.4 is 5.32 Å². The number of aliphatic imine (C=N–C) groups is 1. The lowest BCUT2D eigenvalue weighted by Crippen LogP contribution is -2.19. The molecule has 2 aromatic carbocycles. The Labute approximate surface area is 199 Å². The predicted octanol–water partition coefficient (Wildman–Crippen LogP) is 4.69. The van der Waals surface area contributed by atoms with Gasteiger partial charge in [-0.25, -0.2) is 14.6 Å². The summed E-state index contributed by atoms with van der Waals surface area (Å²) in [5.74, 6) is -2.69. The van der Waals surface area contributed by atoms with Gasteiger partial charge in [0.1, 0.15) is 0 Å². The van der Waals surface area contributed by atoms with Crippen molar-refractivity contribution in [1.82, 2.24) is 9.88 Å². The van der Waals surface area contributed by atoms with Crippen molar-refractivity contribution in [2.75, 3.05) is 0 Å². The van der Waals surface area contributed by atoms with Gasteiger partial charge in [0.25, 0.3) is 5.91 Å². The summed E-state index contributed by atoms with van der Waals surface area (Å²) in [5.41, 5.74) is 4.29. The van der Waals surface area contributed by atoms with Crippen LogP contribution in [0.2, 0.25) is 0 Å². The summed E-state index contributed by atoms with van der Waals surface area (Å²) in [6.45, 7) is 5.64. The van der Waals surface area contributed by atoms with E-state index in [0.717, 1.165) is 34.3 Å². The number of aromatic carboxylic acids is 2. The van der Waals surface area contributed by atoms with Crippen molar-refractivity contribution < 1.29 is 24.6 Å². The molecule has 0 bridgehead atoms. The number of amides is 1. The summed E-state index contributed by atoms with van der Waals surface area (Å²) in [6.07, 6.45) is 1.75.